The maximum Gasteiger partial charge on any atom is 0.123 e. The fourth-order valence-electron chi connectivity index (χ4n) is 3.10. The summed E-state index contributed by atoms with van der Waals surface area (Å²) in [5.41, 5.74) is 2.84. The molecule has 0 N–H and O–H groups in total. The molecule has 0 radical (unpaired) electrons. The second-order valence-corrected chi connectivity index (χ2v) is 7.71. The van der Waals surface area contributed by atoms with Crippen molar-refractivity contribution in [1.29, 1.82) is 0 Å². The van der Waals surface area contributed by atoms with Crippen LogP contribution in [-0.4, -0.2) is 19.3 Å². The predicted molar refractivity (Wildman–Crippen MR) is 84.8 cm³/mol. The van der Waals surface area contributed by atoms with Gasteiger partial charge in [0.15, 0.2) is 0 Å². The van der Waals surface area contributed by atoms with E-state index in [4.69, 9.17) is 9.47 Å². The van der Waals surface area contributed by atoms with E-state index in [9.17, 15) is 0 Å². The van der Waals surface area contributed by atoms with Gasteiger partial charge in [-0.2, -0.15) is 0 Å². The van der Waals surface area contributed by atoms with Crippen molar-refractivity contribution in [2.24, 2.45) is 0 Å². The molecule has 2 nitrogen and oxygen atoms in total. The Kier molecular flexibility index (Phi) is 4.09. The highest BCUT2D eigenvalue weighted by atomic mass is 79.9. The molecule has 0 bridgehead atoms. The molecule has 3 rings (SSSR count). The summed E-state index contributed by atoms with van der Waals surface area (Å²) in [6.45, 7) is 6.23. The van der Waals surface area contributed by atoms with E-state index in [0.717, 1.165) is 31.8 Å². The number of rotatable bonds is 4. The van der Waals surface area contributed by atoms with E-state index in [1.807, 2.05) is 0 Å². The molecular formula is C17H23BrO2. The second-order valence-electron chi connectivity index (χ2n) is 6.61. The average Bonchev–Trinajstić information content (AvgIpc) is 3.04. The predicted octanol–water partition coefficient (Wildman–Crippen LogP) is 4.75. The van der Waals surface area contributed by atoms with E-state index in [-0.39, 0.29) is 5.41 Å². The van der Waals surface area contributed by atoms with Crippen LogP contribution in [0.4, 0.5) is 0 Å². The van der Waals surface area contributed by atoms with Gasteiger partial charge < -0.3 is 9.47 Å². The van der Waals surface area contributed by atoms with Crippen molar-refractivity contribution < 1.29 is 9.47 Å². The highest BCUT2D eigenvalue weighted by molar-refractivity contribution is 9.09. The second kappa shape index (κ2) is 5.69. The zero-order chi connectivity index (χ0) is 14.2. The molecule has 0 saturated carbocycles. The van der Waals surface area contributed by atoms with Crippen molar-refractivity contribution in [2.75, 3.05) is 13.2 Å². The van der Waals surface area contributed by atoms with Gasteiger partial charge >= 0.3 is 0 Å². The van der Waals surface area contributed by atoms with Gasteiger partial charge in [0.2, 0.25) is 0 Å². The lowest BCUT2D eigenvalue weighted by Crippen LogP contribution is -2.18. The molecule has 20 heavy (non-hydrogen) atoms. The van der Waals surface area contributed by atoms with Crippen LogP contribution in [0.15, 0.2) is 18.2 Å². The van der Waals surface area contributed by atoms with Crippen LogP contribution in [0.3, 0.4) is 0 Å². The van der Waals surface area contributed by atoms with E-state index in [2.05, 4.69) is 48.0 Å². The number of hydrogen-bond donors (Lipinski definition) is 0. The standard InChI is InChI=1S/C17H23BrO2/c1-17(2)11-20-16-8-5-12(10-14(16)17)15(18)7-6-13-4-3-9-19-13/h5,8,10,13,15H,3-4,6-7,9,11H2,1-2H3. The quantitative estimate of drug-likeness (QED) is 0.737. The van der Waals surface area contributed by atoms with Gasteiger partial charge in [-0.3, -0.25) is 0 Å². The van der Waals surface area contributed by atoms with E-state index < -0.39 is 0 Å². The first-order chi connectivity index (χ1) is 9.56. The number of benzene rings is 1. The molecule has 1 fully saturated rings. The van der Waals surface area contributed by atoms with Crippen LogP contribution in [0, 0.1) is 0 Å². The minimum Gasteiger partial charge on any atom is -0.492 e. The molecule has 1 aromatic rings. The number of alkyl halides is 1. The van der Waals surface area contributed by atoms with E-state index in [1.54, 1.807) is 0 Å². The largest absolute Gasteiger partial charge is 0.492 e. The summed E-state index contributed by atoms with van der Waals surface area (Å²) in [5.74, 6) is 1.05. The van der Waals surface area contributed by atoms with E-state index in [0.29, 0.717) is 10.9 Å². The first kappa shape index (κ1) is 14.4. The van der Waals surface area contributed by atoms with Gasteiger partial charge in [-0.15, -0.1) is 0 Å². The Morgan fingerprint density at radius 2 is 2.25 bits per heavy atom. The van der Waals surface area contributed by atoms with Gasteiger partial charge in [-0.25, -0.2) is 0 Å². The number of fused-ring (bicyclic) bond motifs is 1. The Bertz CT molecular complexity index is 478. The summed E-state index contributed by atoms with van der Waals surface area (Å²) < 4.78 is 11.5. The third-order valence-electron chi connectivity index (χ3n) is 4.45. The van der Waals surface area contributed by atoms with E-state index >= 15 is 0 Å². The first-order valence-corrected chi connectivity index (χ1v) is 8.51. The smallest absolute Gasteiger partial charge is 0.123 e. The lowest BCUT2D eigenvalue weighted by molar-refractivity contribution is 0.102. The third kappa shape index (κ3) is 2.89. The number of halogens is 1. The molecule has 2 unspecified atom stereocenters. The van der Waals surface area contributed by atoms with Crippen LogP contribution >= 0.6 is 15.9 Å². The molecule has 0 spiro atoms. The monoisotopic (exact) mass is 338 g/mol. The minimum atomic E-state index is 0.132. The minimum absolute atomic E-state index is 0.132. The molecule has 2 aliphatic rings. The van der Waals surface area contributed by atoms with Crippen LogP contribution in [0.25, 0.3) is 0 Å². The fourth-order valence-corrected chi connectivity index (χ4v) is 3.65. The Labute approximate surface area is 130 Å². The zero-order valence-electron chi connectivity index (χ0n) is 12.3. The van der Waals surface area contributed by atoms with Gasteiger partial charge in [-0.05, 0) is 37.3 Å². The van der Waals surface area contributed by atoms with Crippen molar-refractivity contribution >= 4 is 15.9 Å². The van der Waals surface area contributed by atoms with Gasteiger partial charge in [0.05, 0.1) is 12.7 Å². The Hall–Kier alpha value is -0.540. The molecule has 3 heteroatoms. The zero-order valence-corrected chi connectivity index (χ0v) is 13.9. The normalized spacial score (nSPS) is 25.2. The molecule has 2 heterocycles. The molecule has 0 aliphatic carbocycles. The Balaban J connectivity index is 1.67. The SMILES string of the molecule is CC1(C)COc2ccc(C(Br)CCC3CCCO3)cc21. The van der Waals surface area contributed by atoms with Crippen LogP contribution < -0.4 is 4.74 Å². The van der Waals surface area contributed by atoms with Crippen molar-refractivity contribution in [2.45, 2.75) is 55.9 Å². The van der Waals surface area contributed by atoms with Crippen LogP contribution in [0.5, 0.6) is 5.75 Å². The molecule has 0 aromatic heterocycles. The molecule has 110 valence electrons. The number of hydrogen-bond acceptors (Lipinski definition) is 2. The lowest BCUT2D eigenvalue weighted by atomic mass is 9.85. The van der Waals surface area contributed by atoms with Crippen LogP contribution in [-0.2, 0) is 10.2 Å². The summed E-state index contributed by atoms with van der Waals surface area (Å²) in [5, 5.41) is 0. The molecular weight excluding hydrogens is 316 g/mol. The Morgan fingerprint density at radius 3 is 3.00 bits per heavy atom. The van der Waals surface area contributed by atoms with E-state index in [1.165, 1.54) is 24.0 Å². The topological polar surface area (TPSA) is 18.5 Å². The fraction of sp³-hybridized carbons (Fsp3) is 0.647. The summed E-state index contributed by atoms with van der Waals surface area (Å²) in [6, 6.07) is 6.63. The van der Waals surface area contributed by atoms with Crippen LogP contribution in [0.2, 0.25) is 0 Å². The number of ether oxygens (including phenoxy) is 2. The maximum atomic E-state index is 5.75. The maximum absolute atomic E-state index is 5.75. The highest BCUT2D eigenvalue weighted by Crippen LogP contribution is 2.41. The molecule has 2 aliphatic heterocycles. The lowest BCUT2D eigenvalue weighted by Gasteiger charge is -2.18. The van der Waals surface area contributed by atoms with Gasteiger partial charge in [0.1, 0.15) is 5.75 Å². The van der Waals surface area contributed by atoms with Gasteiger partial charge in [0, 0.05) is 22.4 Å². The van der Waals surface area contributed by atoms with Crippen molar-refractivity contribution in [3.63, 3.8) is 0 Å². The third-order valence-corrected chi connectivity index (χ3v) is 5.44. The summed E-state index contributed by atoms with van der Waals surface area (Å²) in [7, 11) is 0. The van der Waals surface area contributed by atoms with Crippen molar-refractivity contribution in [3.8, 4) is 5.75 Å². The summed E-state index contributed by atoms with van der Waals surface area (Å²) in [4.78, 5) is 0.411. The Morgan fingerprint density at radius 1 is 1.40 bits per heavy atom. The van der Waals surface area contributed by atoms with Crippen molar-refractivity contribution in [3.05, 3.63) is 29.3 Å². The molecule has 2 atom stereocenters. The van der Waals surface area contributed by atoms with Gasteiger partial charge in [0.25, 0.3) is 0 Å². The summed E-state index contributed by atoms with van der Waals surface area (Å²) >= 11 is 3.84. The van der Waals surface area contributed by atoms with Crippen molar-refractivity contribution in [1.82, 2.24) is 0 Å². The highest BCUT2D eigenvalue weighted by Gasteiger charge is 2.32. The van der Waals surface area contributed by atoms with Gasteiger partial charge in [-0.1, -0.05) is 41.9 Å². The molecule has 1 aromatic carbocycles. The average molecular weight is 339 g/mol. The molecule has 1 saturated heterocycles. The van der Waals surface area contributed by atoms with Crippen LogP contribution in [0.1, 0.15) is 55.5 Å². The molecule has 0 amide bonds. The summed E-state index contributed by atoms with van der Waals surface area (Å²) in [6.07, 6.45) is 5.20. The first-order valence-electron chi connectivity index (χ1n) is 7.59.